The Labute approximate surface area is 186 Å². The fourth-order valence-electron chi connectivity index (χ4n) is 4.39. The Balaban J connectivity index is 1.60. The van der Waals surface area contributed by atoms with E-state index in [0.29, 0.717) is 48.1 Å². The van der Waals surface area contributed by atoms with Crippen molar-refractivity contribution in [2.24, 2.45) is 0 Å². The van der Waals surface area contributed by atoms with Gasteiger partial charge >= 0.3 is 0 Å². The van der Waals surface area contributed by atoms with Crippen molar-refractivity contribution >= 4 is 15.9 Å². The maximum absolute atomic E-state index is 9.90. The molecule has 1 aromatic heterocycles. The van der Waals surface area contributed by atoms with Crippen molar-refractivity contribution < 1.29 is 18.9 Å². The van der Waals surface area contributed by atoms with Gasteiger partial charge in [-0.25, -0.2) is 0 Å². The highest BCUT2D eigenvalue weighted by Gasteiger charge is 2.26. The van der Waals surface area contributed by atoms with Crippen LogP contribution in [0.5, 0.6) is 23.0 Å². The number of ether oxygens (including phenoxy) is 4. The number of nitrogens with zero attached hydrogens (tertiary/aromatic N) is 2. The third kappa shape index (κ3) is 2.73. The molecule has 0 unspecified atom stereocenters. The molecule has 0 spiro atoms. The number of rotatable bonds is 1. The van der Waals surface area contributed by atoms with E-state index in [1.807, 2.05) is 34.9 Å². The fraction of sp³-hybridized carbons (Fsp3) is 0.217. The van der Waals surface area contributed by atoms with E-state index in [-0.39, 0.29) is 12.3 Å². The molecule has 1 N–H and O–H groups in total. The van der Waals surface area contributed by atoms with Gasteiger partial charge in [-0.2, -0.15) is 5.26 Å². The summed E-state index contributed by atoms with van der Waals surface area (Å²) in [5, 5.41) is 18.7. The van der Waals surface area contributed by atoms with Crippen molar-refractivity contribution in [2.75, 3.05) is 20.0 Å². The zero-order valence-corrected chi connectivity index (χ0v) is 17.9. The van der Waals surface area contributed by atoms with Crippen molar-refractivity contribution in [3.63, 3.8) is 0 Å². The van der Waals surface area contributed by atoms with E-state index in [1.54, 1.807) is 0 Å². The summed E-state index contributed by atoms with van der Waals surface area (Å²) in [6.07, 6.45) is 0.759. The minimum atomic E-state index is 0.198. The summed E-state index contributed by atoms with van der Waals surface area (Å²) >= 11 is 3.56. The molecule has 0 saturated heterocycles. The first-order valence-electron chi connectivity index (χ1n) is 9.89. The second kappa shape index (κ2) is 6.79. The predicted octanol–water partition coefficient (Wildman–Crippen LogP) is 3.99. The normalized spacial score (nSPS) is 15.1. The highest BCUT2D eigenvalue weighted by Crippen LogP contribution is 2.44. The van der Waals surface area contributed by atoms with Gasteiger partial charge in [-0.05, 0) is 63.8 Å². The van der Waals surface area contributed by atoms with Gasteiger partial charge in [-0.1, -0.05) is 0 Å². The average Bonchev–Trinajstić information content (AvgIpc) is 3.25. The average molecular weight is 478 g/mol. The number of nitrogens with one attached hydrogen (secondary N) is 1. The molecule has 8 heteroatoms. The first-order chi connectivity index (χ1) is 15.1. The summed E-state index contributed by atoms with van der Waals surface area (Å²) in [6.45, 7) is 1.80. The number of hydrogen-bond acceptors (Lipinski definition) is 6. The van der Waals surface area contributed by atoms with Crippen LogP contribution >= 0.6 is 15.9 Å². The van der Waals surface area contributed by atoms with E-state index < -0.39 is 0 Å². The Morgan fingerprint density at radius 1 is 0.935 bits per heavy atom. The number of halogens is 1. The number of benzene rings is 2. The van der Waals surface area contributed by atoms with Gasteiger partial charge in [0.05, 0.1) is 10.2 Å². The Morgan fingerprint density at radius 2 is 1.74 bits per heavy atom. The van der Waals surface area contributed by atoms with Crippen LogP contribution in [0.2, 0.25) is 0 Å². The second-order valence-electron chi connectivity index (χ2n) is 7.53. The zero-order valence-electron chi connectivity index (χ0n) is 16.3. The maximum atomic E-state index is 9.90. The molecule has 0 bridgehead atoms. The lowest BCUT2D eigenvalue weighted by Crippen LogP contribution is -2.28. The van der Waals surface area contributed by atoms with E-state index in [1.165, 1.54) is 0 Å². The SMILES string of the molecule is N#Cc1c(-c2cc(Br)c3c(c2)OCCO3)cc2n(c1=N)CCc1cc3c(cc1-2)OCO3. The van der Waals surface area contributed by atoms with Gasteiger partial charge < -0.3 is 23.5 Å². The lowest BCUT2D eigenvalue weighted by molar-refractivity contribution is 0.170. The van der Waals surface area contributed by atoms with Crippen LogP contribution in [0.1, 0.15) is 11.1 Å². The van der Waals surface area contributed by atoms with Crippen molar-refractivity contribution in [3.05, 3.63) is 51.4 Å². The number of aryl methyl sites for hydroxylation is 1. The summed E-state index contributed by atoms with van der Waals surface area (Å²) in [4.78, 5) is 0. The molecule has 3 aliphatic heterocycles. The number of pyridine rings is 1. The molecule has 2 aromatic carbocycles. The van der Waals surface area contributed by atoms with Crippen LogP contribution in [0.25, 0.3) is 22.4 Å². The lowest BCUT2D eigenvalue weighted by Gasteiger charge is -2.25. The van der Waals surface area contributed by atoms with Gasteiger partial charge in [0.2, 0.25) is 6.79 Å². The van der Waals surface area contributed by atoms with Gasteiger partial charge in [-0.15, -0.1) is 0 Å². The molecule has 154 valence electrons. The van der Waals surface area contributed by atoms with Crippen LogP contribution in [0.15, 0.2) is 34.8 Å². The molecule has 3 aliphatic rings. The molecular formula is C23H16BrN3O4. The molecule has 0 radical (unpaired) electrons. The first kappa shape index (κ1) is 18.3. The van der Waals surface area contributed by atoms with Crippen molar-refractivity contribution in [2.45, 2.75) is 13.0 Å². The summed E-state index contributed by atoms with van der Waals surface area (Å²) in [6, 6.07) is 12.0. The lowest BCUT2D eigenvalue weighted by atomic mass is 9.92. The molecule has 0 aliphatic carbocycles. The van der Waals surface area contributed by atoms with Crippen LogP contribution in [-0.2, 0) is 13.0 Å². The summed E-state index contributed by atoms with van der Waals surface area (Å²) < 4.78 is 25.2. The smallest absolute Gasteiger partial charge is 0.231 e. The fourth-order valence-corrected chi connectivity index (χ4v) is 4.95. The zero-order chi connectivity index (χ0) is 21.1. The Bertz CT molecular complexity index is 1370. The van der Waals surface area contributed by atoms with Gasteiger partial charge in [0.25, 0.3) is 0 Å². The Morgan fingerprint density at radius 3 is 2.58 bits per heavy atom. The molecule has 3 aromatic rings. The van der Waals surface area contributed by atoms with Crippen LogP contribution < -0.4 is 24.4 Å². The third-order valence-electron chi connectivity index (χ3n) is 5.85. The Hall–Kier alpha value is -3.44. The molecule has 31 heavy (non-hydrogen) atoms. The van der Waals surface area contributed by atoms with Crippen LogP contribution in [0.4, 0.5) is 0 Å². The van der Waals surface area contributed by atoms with Gasteiger partial charge in [0.15, 0.2) is 23.0 Å². The quantitative estimate of drug-likeness (QED) is 0.572. The molecule has 0 atom stereocenters. The topological polar surface area (TPSA) is 89.5 Å². The van der Waals surface area contributed by atoms with E-state index in [0.717, 1.165) is 39.0 Å². The van der Waals surface area contributed by atoms with Crippen molar-refractivity contribution in [1.82, 2.24) is 4.57 Å². The molecule has 0 fully saturated rings. The molecule has 0 amide bonds. The minimum absolute atomic E-state index is 0.198. The Kier molecular flexibility index (Phi) is 4.02. The number of fused-ring (bicyclic) bond motifs is 5. The van der Waals surface area contributed by atoms with Gasteiger partial charge in [0, 0.05) is 17.7 Å². The predicted molar refractivity (Wildman–Crippen MR) is 114 cm³/mol. The van der Waals surface area contributed by atoms with E-state index in [9.17, 15) is 5.26 Å². The van der Waals surface area contributed by atoms with Crippen molar-refractivity contribution in [3.8, 4) is 51.5 Å². The summed E-state index contributed by atoms with van der Waals surface area (Å²) in [7, 11) is 0. The van der Waals surface area contributed by atoms with E-state index >= 15 is 0 Å². The highest BCUT2D eigenvalue weighted by molar-refractivity contribution is 9.10. The monoisotopic (exact) mass is 477 g/mol. The highest BCUT2D eigenvalue weighted by atomic mass is 79.9. The largest absolute Gasteiger partial charge is 0.486 e. The molecule has 4 heterocycles. The number of hydrogen-bond donors (Lipinski definition) is 1. The second-order valence-corrected chi connectivity index (χ2v) is 8.38. The van der Waals surface area contributed by atoms with Crippen LogP contribution in [-0.4, -0.2) is 24.6 Å². The standard InChI is InChI=1S/C23H16BrN3O4/c24-17-5-13(7-21-22(17)29-4-3-28-21)14-8-18-15-9-20-19(30-11-31-20)6-12(15)1-2-27(18)23(26)16(14)10-25/h5-9,26H,1-4,11H2. The summed E-state index contributed by atoms with van der Waals surface area (Å²) in [5.41, 5.74) is 5.01. The van der Waals surface area contributed by atoms with Crippen molar-refractivity contribution in [1.29, 1.82) is 10.7 Å². The molecule has 6 rings (SSSR count). The van der Waals surface area contributed by atoms with E-state index in [2.05, 4.69) is 22.0 Å². The number of nitriles is 1. The third-order valence-corrected chi connectivity index (χ3v) is 6.44. The summed E-state index contributed by atoms with van der Waals surface area (Å²) in [5.74, 6) is 2.74. The number of aromatic nitrogens is 1. The minimum Gasteiger partial charge on any atom is -0.486 e. The molecule has 0 saturated carbocycles. The van der Waals surface area contributed by atoms with Gasteiger partial charge in [-0.3, -0.25) is 5.41 Å². The van der Waals surface area contributed by atoms with Gasteiger partial charge in [0.1, 0.15) is 30.3 Å². The first-order valence-corrected chi connectivity index (χ1v) is 10.7. The molecular weight excluding hydrogens is 462 g/mol. The molecule has 7 nitrogen and oxygen atoms in total. The maximum Gasteiger partial charge on any atom is 0.231 e. The van der Waals surface area contributed by atoms with E-state index in [4.69, 9.17) is 24.4 Å². The van der Waals surface area contributed by atoms with Crippen LogP contribution in [0, 0.1) is 16.7 Å². The van der Waals surface area contributed by atoms with Crippen LogP contribution in [0.3, 0.4) is 0 Å².